The highest BCUT2D eigenvalue weighted by atomic mass is 35.5. The van der Waals surface area contributed by atoms with Crippen molar-refractivity contribution in [3.63, 3.8) is 0 Å². The lowest BCUT2D eigenvalue weighted by Gasteiger charge is -2.34. The Hall–Kier alpha value is -0.540. The van der Waals surface area contributed by atoms with Crippen molar-refractivity contribution in [1.29, 1.82) is 0 Å². The lowest BCUT2D eigenvalue weighted by Crippen LogP contribution is -2.42. The molecule has 14 heavy (non-hydrogen) atoms. The zero-order chi connectivity index (χ0) is 10.1. The Kier molecular flexibility index (Phi) is 2.79. The molecule has 0 aromatic carbocycles. The fourth-order valence-electron chi connectivity index (χ4n) is 1.83. The molecular formula is C10H16ClN3. The first-order valence-corrected chi connectivity index (χ1v) is 5.46. The lowest BCUT2D eigenvalue weighted by molar-refractivity contribution is 0.227. The Morgan fingerprint density at radius 1 is 1.64 bits per heavy atom. The molecule has 1 N–H and O–H groups in total. The molecule has 0 amide bonds. The summed E-state index contributed by atoms with van der Waals surface area (Å²) < 4.78 is 1.83. The molecule has 1 heterocycles. The van der Waals surface area contributed by atoms with Crippen molar-refractivity contribution in [3.8, 4) is 0 Å². The molecule has 0 aliphatic heterocycles. The second-order valence-corrected chi connectivity index (χ2v) is 4.51. The van der Waals surface area contributed by atoms with Crippen molar-refractivity contribution in [2.24, 2.45) is 13.0 Å². The molecule has 4 heteroatoms. The maximum Gasteiger partial charge on any atom is 0.0831 e. The Labute approximate surface area is 89.4 Å². The predicted octanol–water partition coefficient (Wildman–Crippen LogP) is 1.96. The van der Waals surface area contributed by atoms with Crippen LogP contribution in [0.25, 0.3) is 0 Å². The minimum absolute atomic E-state index is 0.668. The summed E-state index contributed by atoms with van der Waals surface area (Å²) >= 11 is 6.00. The highest BCUT2D eigenvalue weighted by Crippen LogP contribution is 2.27. The van der Waals surface area contributed by atoms with Crippen LogP contribution in [0.4, 0.5) is 0 Å². The molecular weight excluding hydrogens is 198 g/mol. The topological polar surface area (TPSA) is 29.9 Å². The lowest BCUT2D eigenvalue weighted by atomic mass is 9.81. The van der Waals surface area contributed by atoms with Gasteiger partial charge in [-0.25, -0.2) is 0 Å². The van der Waals surface area contributed by atoms with Gasteiger partial charge in [-0.3, -0.25) is 4.68 Å². The van der Waals surface area contributed by atoms with Crippen LogP contribution in [0.2, 0.25) is 5.02 Å². The largest absolute Gasteiger partial charge is 0.308 e. The van der Waals surface area contributed by atoms with Crippen molar-refractivity contribution in [3.05, 3.63) is 16.9 Å². The normalized spacial score (nSPS) is 26.2. The van der Waals surface area contributed by atoms with Gasteiger partial charge in [-0.05, 0) is 18.8 Å². The summed E-state index contributed by atoms with van der Waals surface area (Å²) in [6.45, 7) is 3.11. The number of nitrogens with zero attached hydrogens (tertiary/aromatic N) is 2. The first-order chi connectivity index (χ1) is 6.68. The van der Waals surface area contributed by atoms with Crippen molar-refractivity contribution in [2.45, 2.75) is 32.4 Å². The quantitative estimate of drug-likeness (QED) is 0.832. The Bertz CT molecular complexity index is 302. The van der Waals surface area contributed by atoms with E-state index in [4.69, 9.17) is 11.6 Å². The van der Waals surface area contributed by atoms with Gasteiger partial charge in [-0.15, -0.1) is 0 Å². The third-order valence-electron chi connectivity index (χ3n) is 3.16. The summed E-state index contributed by atoms with van der Waals surface area (Å²) in [6.07, 6.45) is 4.33. The van der Waals surface area contributed by atoms with E-state index in [0.717, 1.165) is 23.2 Å². The third kappa shape index (κ3) is 1.79. The second kappa shape index (κ2) is 3.91. The van der Waals surface area contributed by atoms with Gasteiger partial charge in [0.05, 0.1) is 16.9 Å². The average Bonchev–Trinajstić information content (AvgIpc) is 2.46. The SMILES string of the molecule is CC1CCC1NCc1c(Cl)cnn1C. The van der Waals surface area contributed by atoms with Crippen LogP contribution in [0.5, 0.6) is 0 Å². The maximum absolute atomic E-state index is 6.00. The standard InChI is InChI=1S/C10H16ClN3/c1-7-3-4-9(7)12-6-10-8(11)5-13-14(10)2/h5,7,9,12H,3-4,6H2,1-2H3. The minimum atomic E-state index is 0.668. The number of nitrogens with one attached hydrogen (secondary N) is 1. The van der Waals surface area contributed by atoms with E-state index >= 15 is 0 Å². The fraction of sp³-hybridized carbons (Fsp3) is 0.700. The van der Waals surface area contributed by atoms with Gasteiger partial charge in [0.25, 0.3) is 0 Å². The van der Waals surface area contributed by atoms with Crippen molar-refractivity contribution in [1.82, 2.24) is 15.1 Å². The van der Waals surface area contributed by atoms with Crippen LogP contribution in [0.1, 0.15) is 25.5 Å². The predicted molar refractivity (Wildman–Crippen MR) is 57.2 cm³/mol. The molecule has 1 aliphatic rings. The van der Waals surface area contributed by atoms with Crippen molar-refractivity contribution < 1.29 is 0 Å². The molecule has 1 aliphatic carbocycles. The average molecular weight is 214 g/mol. The van der Waals surface area contributed by atoms with Crippen LogP contribution in [0.3, 0.4) is 0 Å². The van der Waals surface area contributed by atoms with E-state index in [1.165, 1.54) is 12.8 Å². The van der Waals surface area contributed by atoms with Gasteiger partial charge >= 0.3 is 0 Å². The molecule has 2 rings (SSSR count). The molecule has 1 aromatic rings. The first-order valence-electron chi connectivity index (χ1n) is 5.08. The van der Waals surface area contributed by atoms with Gasteiger partial charge in [0.1, 0.15) is 0 Å². The Balaban J connectivity index is 1.91. The highest BCUT2D eigenvalue weighted by Gasteiger charge is 2.26. The van der Waals surface area contributed by atoms with Gasteiger partial charge in [0.15, 0.2) is 0 Å². The van der Waals surface area contributed by atoms with E-state index in [9.17, 15) is 0 Å². The molecule has 2 atom stereocenters. The van der Waals surface area contributed by atoms with Crippen molar-refractivity contribution in [2.75, 3.05) is 0 Å². The summed E-state index contributed by atoms with van der Waals surface area (Å²) in [5.41, 5.74) is 1.07. The Morgan fingerprint density at radius 2 is 2.43 bits per heavy atom. The second-order valence-electron chi connectivity index (χ2n) is 4.10. The van der Waals surface area contributed by atoms with E-state index in [1.807, 2.05) is 11.7 Å². The van der Waals surface area contributed by atoms with E-state index in [0.29, 0.717) is 6.04 Å². The van der Waals surface area contributed by atoms with Crippen LogP contribution in [0, 0.1) is 5.92 Å². The molecule has 0 bridgehead atoms. The summed E-state index contributed by atoms with van der Waals surface area (Å²) in [5, 5.41) is 8.37. The summed E-state index contributed by atoms with van der Waals surface area (Å²) in [6, 6.07) is 0.668. The van der Waals surface area contributed by atoms with E-state index in [2.05, 4.69) is 17.3 Å². The molecule has 0 radical (unpaired) electrons. The molecule has 0 spiro atoms. The zero-order valence-corrected chi connectivity index (χ0v) is 9.38. The number of hydrogen-bond acceptors (Lipinski definition) is 2. The first kappa shape index (κ1) is 9.99. The van der Waals surface area contributed by atoms with Gasteiger partial charge in [-0.1, -0.05) is 18.5 Å². The van der Waals surface area contributed by atoms with Crippen molar-refractivity contribution >= 4 is 11.6 Å². The third-order valence-corrected chi connectivity index (χ3v) is 3.48. The fourth-order valence-corrected chi connectivity index (χ4v) is 2.07. The maximum atomic E-state index is 6.00. The van der Waals surface area contributed by atoms with Crippen LogP contribution >= 0.6 is 11.6 Å². The number of hydrogen-bond donors (Lipinski definition) is 1. The van der Waals surface area contributed by atoms with Crippen LogP contribution in [-0.2, 0) is 13.6 Å². The molecule has 1 aromatic heterocycles. The summed E-state index contributed by atoms with van der Waals surface area (Å²) in [7, 11) is 1.92. The summed E-state index contributed by atoms with van der Waals surface area (Å²) in [5.74, 6) is 0.807. The molecule has 2 unspecified atom stereocenters. The number of aryl methyl sites for hydroxylation is 1. The zero-order valence-electron chi connectivity index (χ0n) is 8.63. The number of halogens is 1. The van der Waals surface area contributed by atoms with Crippen LogP contribution in [0.15, 0.2) is 6.20 Å². The highest BCUT2D eigenvalue weighted by molar-refractivity contribution is 6.31. The molecule has 1 saturated carbocycles. The van der Waals surface area contributed by atoms with E-state index in [-0.39, 0.29) is 0 Å². The number of rotatable bonds is 3. The van der Waals surface area contributed by atoms with Gasteiger partial charge < -0.3 is 5.32 Å². The molecule has 0 saturated heterocycles. The molecule has 78 valence electrons. The smallest absolute Gasteiger partial charge is 0.0831 e. The van der Waals surface area contributed by atoms with E-state index in [1.54, 1.807) is 6.20 Å². The minimum Gasteiger partial charge on any atom is -0.308 e. The summed E-state index contributed by atoms with van der Waals surface area (Å²) in [4.78, 5) is 0. The molecule has 3 nitrogen and oxygen atoms in total. The van der Waals surface area contributed by atoms with E-state index < -0.39 is 0 Å². The Morgan fingerprint density at radius 3 is 2.86 bits per heavy atom. The van der Waals surface area contributed by atoms with Crippen LogP contribution < -0.4 is 5.32 Å². The van der Waals surface area contributed by atoms with Crippen LogP contribution in [-0.4, -0.2) is 15.8 Å². The van der Waals surface area contributed by atoms with Gasteiger partial charge in [-0.2, -0.15) is 5.10 Å². The molecule has 1 fully saturated rings. The monoisotopic (exact) mass is 213 g/mol. The van der Waals surface area contributed by atoms with Gasteiger partial charge in [0, 0.05) is 19.6 Å². The van der Waals surface area contributed by atoms with Gasteiger partial charge in [0.2, 0.25) is 0 Å². The number of aromatic nitrogens is 2.